The number of carboxylic acid groups (broad SMARTS) is 1. The molecule has 7 rings (SSSR count). The number of hydrogen-bond acceptors (Lipinski definition) is 6. The lowest BCUT2D eigenvalue weighted by Crippen LogP contribution is -2.15. The number of alkyl halides is 6. The van der Waals surface area contributed by atoms with Crippen molar-refractivity contribution in [2.24, 2.45) is 5.41 Å². The van der Waals surface area contributed by atoms with E-state index in [1.54, 1.807) is 66.3 Å². The Hall–Kier alpha value is -6.38. The summed E-state index contributed by atoms with van der Waals surface area (Å²) < 4.78 is 78.6. The predicted molar refractivity (Wildman–Crippen MR) is 222 cm³/mol. The van der Waals surface area contributed by atoms with Crippen LogP contribution in [0.15, 0.2) is 86.5 Å². The van der Waals surface area contributed by atoms with Crippen molar-refractivity contribution in [1.82, 2.24) is 18.8 Å². The molecule has 9 nitrogen and oxygen atoms in total. The van der Waals surface area contributed by atoms with Gasteiger partial charge in [-0.3, -0.25) is 13.6 Å². The van der Waals surface area contributed by atoms with E-state index in [0.29, 0.717) is 45.9 Å². The lowest BCUT2D eigenvalue weighted by Gasteiger charge is -2.13. The van der Waals surface area contributed by atoms with E-state index in [-0.39, 0.29) is 29.9 Å². The first kappa shape index (κ1) is 43.2. The van der Waals surface area contributed by atoms with Crippen molar-refractivity contribution in [2.45, 2.75) is 65.2 Å². The second-order valence-corrected chi connectivity index (χ2v) is 15.3. The molecule has 0 bridgehead atoms. The van der Waals surface area contributed by atoms with Crippen molar-refractivity contribution in [3.8, 4) is 22.5 Å². The van der Waals surface area contributed by atoms with Gasteiger partial charge in [0.2, 0.25) is 0 Å². The molecule has 0 atom stereocenters. The maximum absolute atomic E-state index is 12.7. The van der Waals surface area contributed by atoms with E-state index in [0.717, 1.165) is 46.4 Å². The molecule has 15 heteroatoms. The highest BCUT2D eigenvalue weighted by Crippen LogP contribution is 2.49. The summed E-state index contributed by atoms with van der Waals surface area (Å²) in [5.41, 5.74) is 9.16. The monoisotopic (exact) mass is 830 g/mol. The summed E-state index contributed by atoms with van der Waals surface area (Å²) in [6.07, 6.45) is 2.56. The lowest BCUT2D eigenvalue weighted by atomic mass is 9.93. The minimum Gasteiger partial charge on any atom is -0.478 e. The SMILES string of the molecule is C=Cc1cc(NCCC(F)(F)F)c2ncc(-c3ccc(C(=O)CC4(C)CC4)c(C)c3)n2c1.C=Cc1cc(NCCC(F)(F)F)c2ncc(-c3ccc(C(=O)O)c(C)c3)n2c1. The van der Waals surface area contributed by atoms with Gasteiger partial charge in [0.15, 0.2) is 17.1 Å². The molecule has 0 spiro atoms. The number of rotatable bonds is 14. The van der Waals surface area contributed by atoms with E-state index in [1.807, 2.05) is 35.7 Å². The van der Waals surface area contributed by atoms with Crippen LogP contribution in [0.4, 0.5) is 37.7 Å². The highest BCUT2D eigenvalue weighted by molar-refractivity contribution is 5.98. The summed E-state index contributed by atoms with van der Waals surface area (Å²) in [4.78, 5) is 32.7. The Morgan fingerprint density at radius 2 is 1.18 bits per heavy atom. The topological polar surface area (TPSA) is 113 Å². The van der Waals surface area contributed by atoms with E-state index in [2.05, 4.69) is 40.7 Å². The van der Waals surface area contributed by atoms with Gasteiger partial charge in [0.25, 0.3) is 0 Å². The van der Waals surface area contributed by atoms with E-state index < -0.39 is 31.2 Å². The number of carbonyl (C=O) groups excluding carboxylic acids is 1. The Morgan fingerprint density at radius 3 is 1.55 bits per heavy atom. The van der Waals surface area contributed by atoms with Gasteiger partial charge < -0.3 is 15.7 Å². The summed E-state index contributed by atoms with van der Waals surface area (Å²) in [5.74, 6) is -0.843. The first-order chi connectivity index (χ1) is 28.3. The Morgan fingerprint density at radius 1 is 0.750 bits per heavy atom. The molecule has 3 N–H and O–H groups in total. The average molecular weight is 831 g/mol. The molecule has 0 aliphatic heterocycles. The van der Waals surface area contributed by atoms with Crippen LogP contribution in [0.1, 0.15) is 82.0 Å². The molecule has 60 heavy (non-hydrogen) atoms. The predicted octanol–water partition coefficient (Wildman–Crippen LogP) is 11.7. The molecule has 0 saturated heterocycles. The fourth-order valence-corrected chi connectivity index (χ4v) is 6.88. The number of nitrogens with zero attached hydrogens (tertiary/aromatic N) is 4. The second kappa shape index (κ2) is 17.1. The zero-order valence-corrected chi connectivity index (χ0v) is 33.3. The van der Waals surface area contributed by atoms with Crippen LogP contribution in [0.2, 0.25) is 0 Å². The fourth-order valence-electron chi connectivity index (χ4n) is 6.88. The van der Waals surface area contributed by atoms with E-state index in [1.165, 1.54) is 6.07 Å². The number of ketones is 1. The summed E-state index contributed by atoms with van der Waals surface area (Å²) in [6.45, 7) is 12.8. The molecule has 4 aromatic heterocycles. The Balaban J connectivity index is 0.000000203. The van der Waals surface area contributed by atoms with Crippen LogP contribution in [0.3, 0.4) is 0 Å². The van der Waals surface area contributed by atoms with Crippen molar-refractivity contribution in [2.75, 3.05) is 23.7 Å². The number of anilines is 2. The second-order valence-electron chi connectivity index (χ2n) is 15.3. The van der Waals surface area contributed by atoms with E-state index in [9.17, 15) is 41.0 Å². The summed E-state index contributed by atoms with van der Waals surface area (Å²) in [7, 11) is 0. The largest absolute Gasteiger partial charge is 0.478 e. The number of carboxylic acids is 1. The smallest absolute Gasteiger partial charge is 0.390 e. The van der Waals surface area contributed by atoms with Crippen LogP contribution >= 0.6 is 0 Å². The number of aromatic carboxylic acids is 1. The third-order valence-corrected chi connectivity index (χ3v) is 10.4. The average Bonchev–Trinajstić information content (AvgIpc) is 3.53. The summed E-state index contributed by atoms with van der Waals surface area (Å²) in [6, 6.07) is 14.1. The van der Waals surface area contributed by atoms with Crippen LogP contribution in [-0.4, -0.2) is 61.1 Å². The van der Waals surface area contributed by atoms with E-state index >= 15 is 0 Å². The third kappa shape index (κ3) is 10.2. The molecular formula is C45H44F6N6O3. The van der Waals surface area contributed by atoms with Crippen molar-refractivity contribution in [3.05, 3.63) is 120 Å². The highest BCUT2D eigenvalue weighted by Gasteiger charge is 2.39. The van der Waals surface area contributed by atoms with Gasteiger partial charge in [-0.25, -0.2) is 14.8 Å². The number of fused-ring (bicyclic) bond motifs is 2. The molecule has 1 aliphatic rings. The number of Topliss-reactive ketones (excluding diaryl/α,β-unsaturated/α-hetero) is 1. The fraction of sp³-hybridized carbons (Fsp3) is 0.289. The first-order valence-corrected chi connectivity index (χ1v) is 19.1. The van der Waals surface area contributed by atoms with Crippen LogP contribution in [0, 0.1) is 19.3 Å². The van der Waals surface area contributed by atoms with Gasteiger partial charge in [0.05, 0.1) is 53.6 Å². The zero-order chi connectivity index (χ0) is 43.6. The van der Waals surface area contributed by atoms with Crippen molar-refractivity contribution in [3.63, 3.8) is 0 Å². The third-order valence-electron chi connectivity index (χ3n) is 10.4. The maximum atomic E-state index is 12.7. The van der Waals surface area contributed by atoms with Gasteiger partial charge in [0.1, 0.15) is 0 Å². The summed E-state index contributed by atoms with van der Waals surface area (Å²) in [5, 5.41) is 14.8. The van der Waals surface area contributed by atoms with Gasteiger partial charge in [-0.1, -0.05) is 50.4 Å². The molecule has 0 unspecified atom stereocenters. The number of nitrogens with one attached hydrogen (secondary N) is 2. The number of pyridine rings is 2. The van der Waals surface area contributed by atoms with Crippen LogP contribution in [0.25, 0.3) is 46.0 Å². The highest BCUT2D eigenvalue weighted by atomic mass is 19.4. The minimum atomic E-state index is -4.25. The number of aryl methyl sites for hydroxylation is 2. The maximum Gasteiger partial charge on any atom is 0.390 e. The number of carbonyl (C=O) groups is 2. The molecule has 2 aromatic carbocycles. The molecule has 1 aliphatic carbocycles. The first-order valence-electron chi connectivity index (χ1n) is 19.1. The Bertz CT molecular complexity index is 2600. The standard InChI is InChI=1S/C25H26F3N3O.C20H18F3N3O2/c1-4-17-12-20(29-10-9-25(26,27)28)23-30-14-21(31(23)15-17)18-5-6-19(16(2)11-18)22(32)13-24(3)7-8-24;1-3-13-9-16(24-7-6-20(21,22)23)18-25-10-17(26(18)11-13)14-4-5-15(19(27)28)12(2)8-14/h4-6,11-12,14-15,29H,1,7-10,13H2,2-3H3;3-5,8-11,24H,1,6-7H2,2H3,(H,27,28). The lowest BCUT2D eigenvalue weighted by molar-refractivity contribution is -0.132. The van der Waals surface area contributed by atoms with Gasteiger partial charge in [0, 0.05) is 48.6 Å². The number of aromatic nitrogens is 4. The molecule has 1 saturated carbocycles. The zero-order valence-electron chi connectivity index (χ0n) is 33.3. The Kier molecular flexibility index (Phi) is 12.3. The number of imidazole rings is 2. The van der Waals surface area contributed by atoms with Gasteiger partial charge in [-0.05, 0) is 84.7 Å². The van der Waals surface area contributed by atoms with Gasteiger partial charge in [-0.2, -0.15) is 26.3 Å². The van der Waals surface area contributed by atoms with Crippen LogP contribution < -0.4 is 10.6 Å². The molecule has 1 fully saturated rings. The van der Waals surface area contributed by atoms with Crippen molar-refractivity contribution < 1.29 is 41.0 Å². The molecule has 314 valence electrons. The van der Waals surface area contributed by atoms with E-state index in [4.69, 9.17) is 0 Å². The van der Waals surface area contributed by atoms with Crippen LogP contribution in [0.5, 0.6) is 0 Å². The van der Waals surface area contributed by atoms with Crippen molar-refractivity contribution in [1.29, 1.82) is 0 Å². The van der Waals surface area contributed by atoms with Crippen LogP contribution in [-0.2, 0) is 0 Å². The Labute approximate surface area is 342 Å². The quantitative estimate of drug-likeness (QED) is 0.0740. The normalized spacial score (nSPS) is 13.4. The van der Waals surface area contributed by atoms with Gasteiger partial charge >= 0.3 is 18.3 Å². The molecule has 6 aromatic rings. The summed E-state index contributed by atoms with van der Waals surface area (Å²) >= 11 is 0. The number of hydrogen-bond donors (Lipinski definition) is 3. The number of benzene rings is 2. The molecule has 4 heterocycles. The molecular weight excluding hydrogens is 787 g/mol. The van der Waals surface area contributed by atoms with Crippen molar-refractivity contribution >= 4 is 46.6 Å². The number of halogens is 6. The molecule has 0 radical (unpaired) electrons. The van der Waals surface area contributed by atoms with Gasteiger partial charge in [-0.15, -0.1) is 0 Å². The molecule has 0 amide bonds. The minimum absolute atomic E-state index is 0.153.